The first-order chi connectivity index (χ1) is 9.97. The standard InChI is InChI=1S/C16H15F2NO2/c1-10(12-3-5-13(17)6-4-12)19-9-11-2-7-14(16(20)21)15(18)8-11/h2-8,10,19H,9H2,1H3,(H,20,21)/t10-/m0/s1. The van der Waals surface area contributed by atoms with Crippen molar-refractivity contribution in [1.82, 2.24) is 5.32 Å². The molecule has 0 aliphatic carbocycles. The second kappa shape index (κ2) is 6.45. The number of carboxylic acids is 1. The molecule has 2 aromatic rings. The average Bonchev–Trinajstić information content (AvgIpc) is 2.45. The van der Waals surface area contributed by atoms with Crippen LogP contribution in [0.5, 0.6) is 0 Å². The molecular weight excluding hydrogens is 276 g/mol. The number of hydrogen-bond acceptors (Lipinski definition) is 2. The first-order valence-corrected chi connectivity index (χ1v) is 6.48. The summed E-state index contributed by atoms with van der Waals surface area (Å²) < 4.78 is 26.4. The van der Waals surface area contributed by atoms with Crippen molar-refractivity contribution in [3.63, 3.8) is 0 Å². The van der Waals surface area contributed by atoms with Crippen molar-refractivity contribution in [3.05, 3.63) is 70.8 Å². The summed E-state index contributed by atoms with van der Waals surface area (Å²) in [4.78, 5) is 10.7. The first kappa shape index (κ1) is 15.1. The predicted molar refractivity (Wildman–Crippen MR) is 75.0 cm³/mol. The molecule has 0 aromatic heterocycles. The highest BCUT2D eigenvalue weighted by molar-refractivity contribution is 5.87. The zero-order valence-corrected chi connectivity index (χ0v) is 11.4. The molecule has 1 atom stereocenters. The number of benzene rings is 2. The summed E-state index contributed by atoms with van der Waals surface area (Å²) in [6, 6.07) is 10.1. The minimum absolute atomic E-state index is 0.0344. The van der Waals surface area contributed by atoms with E-state index in [0.717, 1.165) is 5.56 Å². The third kappa shape index (κ3) is 3.86. The van der Waals surface area contributed by atoms with Gasteiger partial charge in [-0.05, 0) is 42.3 Å². The van der Waals surface area contributed by atoms with E-state index in [0.29, 0.717) is 12.1 Å². The van der Waals surface area contributed by atoms with E-state index in [1.807, 2.05) is 6.92 Å². The van der Waals surface area contributed by atoms with Crippen LogP contribution in [0.2, 0.25) is 0 Å². The number of nitrogens with one attached hydrogen (secondary N) is 1. The van der Waals surface area contributed by atoms with E-state index >= 15 is 0 Å². The molecule has 2 aromatic carbocycles. The zero-order valence-electron chi connectivity index (χ0n) is 11.4. The molecule has 21 heavy (non-hydrogen) atoms. The third-order valence-corrected chi connectivity index (χ3v) is 3.25. The molecule has 0 aliphatic heterocycles. The fraction of sp³-hybridized carbons (Fsp3) is 0.188. The molecule has 0 amide bonds. The van der Waals surface area contributed by atoms with Crippen LogP contribution in [0.15, 0.2) is 42.5 Å². The van der Waals surface area contributed by atoms with Gasteiger partial charge in [0.05, 0.1) is 5.56 Å². The Hall–Kier alpha value is -2.27. The van der Waals surface area contributed by atoms with Crippen LogP contribution in [-0.2, 0) is 6.54 Å². The number of hydrogen-bond donors (Lipinski definition) is 2. The molecule has 2 N–H and O–H groups in total. The number of halogens is 2. The van der Waals surface area contributed by atoms with E-state index in [1.165, 1.54) is 24.3 Å². The van der Waals surface area contributed by atoms with Crippen molar-refractivity contribution in [3.8, 4) is 0 Å². The summed E-state index contributed by atoms with van der Waals surface area (Å²) in [5, 5.41) is 11.9. The fourth-order valence-corrected chi connectivity index (χ4v) is 1.98. The molecule has 0 fully saturated rings. The molecule has 5 heteroatoms. The minimum atomic E-state index is -1.29. The smallest absolute Gasteiger partial charge is 0.338 e. The van der Waals surface area contributed by atoms with Crippen LogP contribution in [0.1, 0.15) is 34.5 Å². The number of rotatable bonds is 5. The van der Waals surface area contributed by atoms with Gasteiger partial charge in [-0.3, -0.25) is 0 Å². The fourth-order valence-electron chi connectivity index (χ4n) is 1.98. The van der Waals surface area contributed by atoms with E-state index in [2.05, 4.69) is 5.32 Å². The highest BCUT2D eigenvalue weighted by Crippen LogP contribution is 2.15. The summed E-state index contributed by atoms with van der Waals surface area (Å²) >= 11 is 0. The normalized spacial score (nSPS) is 12.1. The van der Waals surface area contributed by atoms with Crippen molar-refractivity contribution in [1.29, 1.82) is 0 Å². The molecule has 0 heterocycles. The van der Waals surface area contributed by atoms with Crippen molar-refractivity contribution >= 4 is 5.97 Å². The van der Waals surface area contributed by atoms with E-state index in [1.54, 1.807) is 18.2 Å². The van der Waals surface area contributed by atoms with Gasteiger partial charge in [0.2, 0.25) is 0 Å². The van der Waals surface area contributed by atoms with Gasteiger partial charge in [0.15, 0.2) is 0 Å². The van der Waals surface area contributed by atoms with Gasteiger partial charge < -0.3 is 10.4 Å². The summed E-state index contributed by atoms with van der Waals surface area (Å²) in [7, 11) is 0. The highest BCUT2D eigenvalue weighted by atomic mass is 19.1. The highest BCUT2D eigenvalue weighted by Gasteiger charge is 2.11. The number of carbonyl (C=O) groups is 1. The molecule has 110 valence electrons. The Kier molecular flexibility index (Phi) is 4.65. The Labute approximate surface area is 121 Å². The maximum absolute atomic E-state index is 13.5. The van der Waals surface area contributed by atoms with Gasteiger partial charge in [-0.15, -0.1) is 0 Å². The van der Waals surface area contributed by atoms with Crippen LogP contribution in [0, 0.1) is 11.6 Å². The first-order valence-electron chi connectivity index (χ1n) is 6.48. The van der Waals surface area contributed by atoms with E-state index in [9.17, 15) is 13.6 Å². The molecular formula is C16H15F2NO2. The van der Waals surface area contributed by atoms with Crippen LogP contribution >= 0.6 is 0 Å². The predicted octanol–water partition coefficient (Wildman–Crippen LogP) is 3.51. The van der Waals surface area contributed by atoms with Crippen molar-refractivity contribution in [2.75, 3.05) is 0 Å². The Balaban J connectivity index is 2.01. The maximum Gasteiger partial charge on any atom is 0.338 e. The van der Waals surface area contributed by atoms with E-state index in [-0.39, 0.29) is 17.4 Å². The van der Waals surface area contributed by atoms with Crippen LogP contribution in [-0.4, -0.2) is 11.1 Å². The largest absolute Gasteiger partial charge is 0.478 e. The van der Waals surface area contributed by atoms with Gasteiger partial charge in [-0.2, -0.15) is 0 Å². The molecule has 0 unspecified atom stereocenters. The maximum atomic E-state index is 13.5. The van der Waals surface area contributed by atoms with Crippen LogP contribution < -0.4 is 5.32 Å². The van der Waals surface area contributed by atoms with Crippen molar-refractivity contribution in [2.24, 2.45) is 0 Å². The molecule has 0 saturated carbocycles. The Bertz CT molecular complexity index is 641. The van der Waals surface area contributed by atoms with Gasteiger partial charge in [0.25, 0.3) is 0 Å². The summed E-state index contributed by atoms with van der Waals surface area (Å²) in [6.45, 7) is 2.30. The Morgan fingerprint density at radius 2 is 1.86 bits per heavy atom. The van der Waals surface area contributed by atoms with Gasteiger partial charge in [0.1, 0.15) is 11.6 Å². The van der Waals surface area contributed by atoms with Gasteiger partial charge in [-0.25, -0.2) is 13.6 Å². The van der Waals surface area contributed by atoms with E-state index < -0.39 is 11.8 Å². The number of aromatic carboxylic acids is 1. The lowest BCUT2D eigenvalue weighted by atomic mass is 10.1. The molecule has 3 nitrogen and oxygen atoms in total. The molecule has 0 bridgehead atoms. The van der Waals surface area contributed by atoms with Gasteiger partial charge >= 0.3 is 5.97 Å². The van der Waals surface area contributed by atoms with Gasteiger partial charge in [0, 0.05) is 12.6 Å². The molecule has 0 radical (unpaired) electrons. The average molecular weight is 291 g/mol. The second-order valence-electron chi connectivity index (χ2n) is 4.77. The zero-order chi connectivity index (χ0) is 15.4. The lowest BCUT2D eigenvalue weighted by Gasteiger charge is -2.14. The summed E-state index contributed by atoms with van der Waals surface area (Å²) in [5.41, 5.74) is 1.22. The van der Waals surface area contributed by atoms with Crippen LogP contribution in [0.4, 0.5) is 8.78 Å². The third-order valence-electron chi connectivity index (χ3n) is 3.25. The van der Waals surface area contributed by atoms with E-state index in [4.69, 9.17) is 5.11 Å². The second-order valence-corrected chi connectivity index (χ2v) is 4.77. The van der Waals surface area contributed by atoms with Crippen molar-refractivity contribution < 1.29 is 18.7 Å². The van der Waals surface area contributed by atoms with Gasteiger partial charge in [-0.1, -0.05) is 18.2 Å². The molecule has 0 aliphatic rings. The van der Waals surface area contributed by atoms with Crippen molar-refractivity contribution in [2.45, 2.75) is 19.5 Å². The minimum Gasteiger partial charge on any atom is -0.478 e. The molecule has 2 rings (SSSR count). The topological polar surface area (TPSA) is 49.3 Å². The lowest BCUT2D eigenvalue weighted by Crippen LogP contribution is -2.18. The summed E-state index contributed by atoms with van der Waals surface area (Å²) in [6.07, 6.45) is 0. The quantitative estimate of drug-likeness (QED) is 0.886. The van der Waals surface area contributed by atoms with Crippen LogP contribution in [0.3, 0.4) is 0 Å². The monoisotopic (exact) mass is 291 g/mol. The van der Waals surface area contributed by atoms with Crippen LogP contribution in [0.25, 0.3) is 0 Å². The summed E-state index contributed by atoms with van der Waals surface area (Å²) in [5.74, 6) is -2.33. The SMILES string of the molecule is C[C@H](NCc1ccc(C(=O)O)c(F)c1)c1ccc(F)cc1. The lowest BCUT2D eigenvalue weighted by molar-refractivity contribution is 0.0692. The molecule has 0 spiro atoms. The Morgan fingerprint density at radius 1 is 1.19 bits per heavy atom. The number of carboxylic acid groups (broad SMARTS) is 1. The Morgan fingerprint density at radius 3 is 2.43 bits per heavy atom. The molecule has 0 saturated heterocycles.